The van der Waals surface area contributed by atoms with E-state index in [0.29, 0.717) is 5.41 Å². The molecule has 0 radical (unpaired) electrons. The van der Waals surface area contributed by atoms with Gasteiger partial charge in [-0.3, -0.25) is 0 Å². The fraction of sp³-hybridized carbons (Fsp3) is 1.00. The van der Waals surface area contributed by atoms with E-state index in [0.717, 1.165) is 19.6 Å². The van der Waals surface area contributed by atoms with E-state index in [2.05, 4.69) is 26.1 Å². The largest absolute Gasteiger partial charge is 0.329 e. The third kappa shape index (κ3) is 9.61. The fourth-order valence-electron chi connectivity index (χ4n) is 2.32. The van der Waals surface area contributed by atoms with Crippen LogP contribution in [0.4, 0.5) is 0 Å². The fourth-order valence-corrected chi connectivity index (χ4v) is 2.32. The molecule has 0 rings (SSSR count). The molecule has 0 bridgehead atoms. The predicted molar refractivity (Wildman–Crippen MR) is 78.3 cm³/mol. The minimum atomic E-state index is 0.568. The van der Waals surface area contributed by atoms with Crippen LogP contribution in [0.1, 0.15) is 72.1 Å². The summed E-state index contributed by atoms with van der Waals surface area (Å²) in [5.41, 5.74) is 6.02. The first-order valence-electron chi connectivity index (χ1n) is 7.59. The van der Waals surface area contributed by atoms with Crippen molar-refractivity contribution in [3.05, 3.63) is 0 Å². The van der Waals surface area contributed by atoms with Gasteiger partial charge in [-0.15, -0.1) is 0 Å². The Bertz CT molecular complexity index is 159. The van der Waals surface area contributed by atoms with Crippen LogP contribution in [0.15, 0.2) is 0 Å². The molecule has 0 saturated carbocycles. The lowest BCUT2D eigenvalue weighted by Gasteiger charge is -2.28. The monoisotopic (exact) mass is 242 g/mol. The SMILES string of the molecule is CCCCCCC(C)(CC)CCCNCCN. The molecule has 0 aromatic carbocycles. The number of nitrogens with one attached hydrogen (secondary N) is 1. The van der Waals surface area contributed by atoms with Gasteiger partial charge < -0.3 is 11.1 Å². The zero-order valence-electron chi connectivity index (χ0n) is 12.4. The van der Waals surface area contributed by atoms with E-state index in [9.17, 15) is 0 Å². The van der Waals surface area contributed by atoms with Gasteiger partial charge in [0.15, 0.2) is 0 Å². The lowest BCUT2D eigenvalue weighted by Crippen LogP contribution is -2.25. The van der Waals surface area contributed by atoms with Gasteiger partial charge in [-0.05, 0) is 31.2 Å². The lowest BCUT2D eigenvalue weighted by atomic mass is 9.78. The molecule has 2 nitrogen and oxygen atoms in total. The Kier molecular flexibility index (Phi) is 11.0. The van der Waals surface area contributed by atoms with Crippen molar-refractivity contribution in [3.8, 4) is 0 Å². The predicted octanol–water partition coefficient (Wildman–Crippen LogP) is 3.70. The minimum absolute atomic E-state index is 0.568. The molecule has 0 aliphatic rings. The maximum Gasteiger partial charge on any atom is 0.00745 e. The first-order valence-corrected chi connectivity index (χ1v) is 7.59. The summed E-state index contributed by atoms with van der Waals surface area (Å²) in [6.45, 7) is 9.92. The molecule has 0 amide bonds. The van der Waals surface area contributed by atoms with Gasteiger partial charge >= 0.3 is 0 Å². The summed E-state index contributed by atoms with van der Waals surface area (Å²) in [6.07, 6.45) is 10.9. The third-order valence-electron chi connectivity index (χ3n) is 3.94. The van der Waals surface area contributed by atoms with Gasteiger partial charge in [-0.2, -0.15) is 0 Å². The highest BCUT2D eigenvalue weighted by Crippen LogP contribution is 2.33. The Hall–Kier alpha value is -0.0800. The van der Waals surface area contributed by atoms with Crippen molar-refractivity contribution in [2.75, 3.05) is 19.6 Å². The van der Waals surface area contributed by atoms with E-state index in [1.54, 1.807) is 0 Å². The first kappa shape index (κ1) is 16.9. The Morgan fingerprint density at radius 2 is 1.65 bits per heavy atom. The van der Waals surface area contributed by atoms with Crippen LogP contribution in [-0.2, 0) is 0 Å². The van der Waals surface area contributed by atoms with Crippen LogP contribution in [0.3, 0.4) is 0 Å². The topological polar surface area (TPSA) is 38.0 Å². The van der Waals surface area contributed by atoms with Gasteiger partial charge in [0, 0.05) is 13.1 Å². The van der Waals surface area contributed by atoms with Crippen molar-refractivity contribution in [1.82, 2.24) is 5.32 Å². The van der Waals surface area contributed by atoms with E-state index in [1.807, 2.05) is 0 Å². The van der Waals surface area contributed by atoms with Crippen LogP contribution in [0, 0.1) is 5.41 Å². The van der Waals surface area contributed by atoms with Crippen LogP contribution in [0.25, 0.3) is 0 Å². The summed E-state index contributed by atoms with van der Waals surface area (Å²) in [5, 5.41) is 3.38. The normalized spacial score (nSPS) is 14.8. The second-order valence-electron chi connectivity index (χ2n) is 5.62. The van der Waals surface area contributed by atoms with Crippen LogP contribution < -0.4 is 11.1 Å². The van der Waals surface area contributed by atoms with E-state index in [4.69, 9.17) is 5.73 Å². The molecular weight excluding hydrogens is 208 g/mol. The molecule has 1 unspecified atom stereocenters. The Morgan fingerprint density at radius 1 is 0.941 bits per heavy atom. The maximum absolute atomic E-state index is 5.45. The Labute approximate surface area is 109 Å². The number of hydrogen-bond acceptors (Lipinski definition) is 2. The Balaban J connectivity index is 3.61. The molecular formula is C15H34N2. The van der Waals surface area contributed by atoms with Crippen molar-refractivity contribution < 1.29 is 0 Å². The smallest absolute Gasteiger partial charge is 0.00745 e. The highest BCUT2D eigenvalue weighted by molar-refractivity contribution is 4.73. The third-order valence-corrected chi connectivity index (χ3v) is 3.94. The number of nitrogens with two attached hydrogens (primary N) is 1. The second kappa shape index (κ2) is 11.0. The van der Waals surface area contributed by atoms with Crippen LogP contribution in [-0.4, -0.2) is 19.6 Å². The molecule has 104 valence electrons. The number of unbranched alkanes of at least 4 members (excludes halogenated alkanes) is 3. The van der Waals surface area contributed by atoms with E-state index < -0.39 is 0 Å². The zero-order valence-corrected chi connectivity index (χ0v) is 12.4. The van der Waals surface area contributed by atoms with Crippen molar-refractivity contribution in [2.45, 2.75) is 72.1 Å². The zero-order chi connectivity index (χ0) is 13.0. The standard InChI is InChI=1S/C15H34N2/c1-4-6-7-8-10-15(3,5-2)11-9-13-17-14-12-16/h17H,4-14,16H2,1-3H3. The molecule has 0 aliphatic heterocycles. The van der Waals surface area contributed by atoms with Gasteiger partial charge in [-0.1, -0.05) is 52.9 Å². The molecule has 0 aliphatic carbocycles. The van der Waals surface area contributed by atoms with E-state index in [-0.39, 0.29) is 0 Å². The second-order valence-corrected chi connectivity index (χ2v) is 5.62. The van der Waals surface area contributed by atoms with Crippen LogP contribution >= 0.6 is 0 Å². The van der Waals surface area contributed by atoms with Gasteiger partial charge in [0.05, 0.1) is 0 Å². The average Bonchev–Trinajstić information content (AvgIpc) is 2.34. The molecule has 1 atom stereocenters. The van der Waals surface area contributed by atoms with Crippen LogP contribution in [0.2, 0.25) is 0 Å². The molecule has 0 fully saturated rings. The van der Waals surface area contributed by atoms with Crippen molar-refractivity contribution in [1.29, 1.82) is 0 Å². The Morgan fingerprint density at radius 3 is 2.24 bits per heavy atom. The molecule has 0 heterocycles. The number of rotatable bonds is 12. The quantitative estimate of drug-likeness (QED) is 0.512. The average molecular weight is 242 g/mol. The summed E-state index contributed by atoms with van der Waals surface area (Å²) >= 11 is 0. The highest BCUT2D eigenvalue weighted by atomic mass is 14.9. The van der Waals surface area contributed by atoms with E-state index in [1.165, 1.54) is 51.4 Å². The van der Waals surface area contributed by atoms with Crippen LogP contribution in [0.5, 0.6) is 0 Å². The van der Waals surface area contributed by atoms with E-state index >= 15 is 0 Å². The summed E-state index contributed by atoms with van der Waals surface area (Å²) < 4.78 is 0. The molecule has 0 saturated heterocycles. The van der Waals surface area contributed by atoms with Crippen molar-refractivity contribution in [2.24, 2.45) is 11.1 Å². The highest BCUT2D eigenvalue weighted by Gasteiger charge is 2.20. The summed E-state index contributed by atoms with van der Waals surface area (Å²) in [6, 6.07) is 0. The molecule has 17 heavy (non-hydrogen) atoms. The van der Waals surface area contributed by atoms with Gasteiger partial charge in [-0.25, -0.2) is 0 Å². The summed E-state index contributed by atoms with van der Waals surface area (Å²) in [7, 11) is 0. The number of hydrogen-bond donors (Lipinski definition) is 2. The lowest BCUT2D eigenvalue weighted by molar-refractivity contribution is 0.243. The van der Waals surface area contributed by atoms with Crippen molar-refractivity contribution >= 4 is 0 Å². The molecule has 0 aromatic rings. The summed E-state index contributed by atoms with van der Waals surface area (Å²) in [4.78, 5) is 0. The molecule has 0 aromatic heterocycles. The molecule has 3 N–H and O–H groups in total. The molecule has 2 heteroatoms. The van der Waals surface area contributed by atoms with Crippen molar-refractivity contribution in [3.63, 3.8) is 0 Å². The van der Waals surface area contributed by atoms with Gasteiger partial charge in [0.1, 0.15) is 0 Å². The first-order chi connectivity index (χ1) is 8.18. The maximum atomic E-state index is 5.45. The summed E-state index contributed by atoms with van der Waals surface area (Å²) in [5.74, 6) is 0. The van der Waals surface area contributed by atoms with Gasteiger partial charge in [0.25, 0.3) is 0 Å². The van der Waals surface area contributed by atoms with Gasteiger partial charge in [0.2, 0.25) is 0 Å². The minimum Gasteiger partial charge on any atom is -0.329 e. The molecule has 0 spiro atoms.